The molecule has 0 aliphatic heterocycles. The monoisotopic (exact) mass is 514 g/mol. The maximum absolute atomic E-state index is 12.6. The molecule has 0 unspecified atom stereocenters. The second-order valence-corrected chi connectivity index (χ2v) is 10.9. The van der Waals surface area contributed by atoms with Crippen LogP contribution in [0.25, 0.3) is 0 Å². The lowest BCUT2D eigenvalue weighted by Crippen LogP contribution is -2.15. The first-order chi connectivity index (χ1) is 13.6. The van der Waals surface area contributed by atoms with E-state index in [4.69, 9.17) is 11.6 Å². The molecule has 6 nitrogen and oxygen atoms in total. The van der Waals surface area contributed by atoms with E-state index in [2.05, 4.69) is 25.4 Å². The number of benzene rings is 3. The largest absolute Gasteiger partial charge is 0.280 e. The summed E-state index contributed by atoms with van der Waals surface area (Å²) in [5.74, 6) is 0. The lowest BCUT2D eigenvalue weighted by molar-refractivity contribution is 0.600. The van der Waals surface area contributed by atoms with Crippen LogP contribution in [0.5, 0.6) is 0 Å². The van der Waals surface area contributed by atoms with Crippen molar-refractivity contribution in [3.63, 3.8) is 0 Å². The van der Waals surface area contributed by atoms with Crippen LogP contribution in [0.2, 0.25) is 5.02 Å². The van der Waals surface area contributed by atoms with Crippen LogP contribution in [0.1, 0.15) is 5.56 Å². The number of anilines is 2. The molecule has 0 saturated heterocycles. The molecule has 152 valence electrons. The highest BCUT2D eigenvalue weighted by molar-refractivity contribution is 9.10. The predicted molar refractivity (Wildman–Crippen MR) is 118 cm³/mol. The summed E-state index contributed by atoms with van der Waals surface area (Å²) < 4.78 is 55.8. The smallest absolute Gasteiger partial charge is 0.261 e. The fourth-order valence-electron chi connectivity index (χ4n) is 2.44. The molecule has 0 saturated carbocycles. The highest BCUT2D eigenvalue weighted by Crippen LogP contribution is 2.25. The molecular formula is C19H16BrClN2O4S2. The van der Waals surface area contributed by atoms with Gasteiger partial charge in [0, 0.05) is 15.2 Å². The van der Waals surface area contributed by atoms with Crippen LogP contribution in [0.4, 0.5) is 11.4 Å². The Kier molecular flexibility index (Phi) is 6.23. The SMILES string of the molecule is Cc1ccc(Cl)cc1NS(=O)(=O)c1ccc(NS(=O)(=O)c2ccc(Br)cc2)cc1. The molecule has 0 radical (unpaired) electrons. The third kappa shape index (κ3) is 5.30. The third-order valence-electron chi connectivity index (χ3n) is 3.98. The summed E-state index contributed by atoms with van der Waals surface area (Å²) in [4.78, 5) is 0.0824. The first-order valence-electron chi connectivity index (χ1n) is 8.24. The van der Waals surface area contributed by atoms with Gasteiger partial charge in [0.15, 0.2) is 0 Å². The van der Waals surface area contributed by atoms with Gasteiger partial charge in [-0.15, -0.1) is 0 Å². The Labute approximate surface area is 183 Å². The second-order valence-electron chi connectivity index (χ2n) is 6.15. The summed E-state index contributed by atoms with van der Waals surface area (Å²) >= 11 is 9.18. The number of hydrogen-bond acceptors (Lipinski definition) is 4. The number of sulfonamides is 2. The van der Waals surface area contributed by atoms with Gasteiger partial charge in [0.1, 0.15) is 0 Å². The minimum atomic E-state index is -3.86. The summed E-state index contributed by atoms with van der Waals surface area (Å²) in [6.45, 7) is 1.76. The number of halogens is 2. The maximum atomic E-state index is 12.6. The van der Waals surface area contributed by atoms with Crippen LogP contribution in [-0.4, -0.2) is 16.8 Å². The van der Waals surface area contributed by atoms with Crippen molar-refractivity contribution in [1.29, 1.82) is 0 Å². The van der Waals surface area contributed by atoms with Gasteiger partial charge in [0.25, 0.3) is 20.0 Å². The second kappa shape index (κ2) is 8.35. The molecule has 0 aromatic heterocycles. The van der Waals surface area contributed by atoms with E-state index in [1.807, 2.05) is 0 Å². The van der Waals surface area contributed by atoms with Crippen LogP contribution in [0, 0.1) is 6.92 Å². The quantitative estimate of drug-likeness (QED) is 0.482. The van der Waals surface area contributed by atoms with Crippen molar-refractivity contribution in [3.8, 4) is 0 Å². The fraction of sp³-hybridized carbons (Fsp3) is 0.0526. The van der Waals surface area contributed by atoms with E-state index in [1.54, 1.807) is 31.2 Å². The van der Waals surface area contributed by atoms with Crippen LogP contribution in [-0.2, 0) is 20.0 Å². The molecule has 3 aromatic rings. The number of rotatable bonds is 6. The molecule has 0 spiro atoms. The molecule has 3 aromatic carbocycles. The van der Waals surface area contributed by atoms with Gasteiger partial charge in [-0.1, -0.05) is 33.6 Å². The maximum Gasteiger partial charge on any atom is 0.261 e. The molecule has 0 heterocycles. The van der Waals surface area contributed by atoms with Crippen molar-refractivity contribution >= 4 is 59.0 Å². The summed E-state index contributed by atoms with van der Waals surface area (Å²) in [5.41, 5.74) is 1.33. The Morgan fingerprint density at radius 1 is 0.759 bits per heavy atom. The minimum absolute atomic E-state index is 0.0107. The Balaban J connectivity index is 1.80. The minimum Gasteiger partial charge on any atom is -0.280 e. The van der Waals surface area contributed by atoms with E-state index in [1.165, 1.54) is 42.5 Å². The standard InChI is InChI=1S/C19H16BrClN2O4S2/c1-13-2-5-15(21)12-19(13)23-29(26,27)18-10-6-16(7-11-18)22-28(24,25)17-8-3-14(20)4-9-17/h2-12,22-23H,1H3. The first kappa shape index (κ1) is 21.6. The van der Waals surface area contributed by atoms with Crippen LogP contribution < -0.4 is 9.44 Å². The van der Waals surface area contributed by atoms with Crippen molar-refractivity contribution < 1.29 is 16.8 Å². The van der Waals surface area contributed by atoms with Crippen molar-refractivity contribution in [1.82, 2.24) is 0 Å². The molecule has 0 atom stereocenters. The molecule has 2 N–H and O–H groups in total. The Morgan fingerprint density at radius 3 is 1.86 bits per heavy atom. The summed E-state index contributed by atoms with van der Waals surface area (Å²) in [6, 6.07) is 16.5. The summed E-state index contributed by atoms with van der Waals surface area (Å²) in [7, 11) is -7.65. The molecule has 10 heteroatoms. The van der Waals surface area contributed by atoms with E-state index in [-0.39, 0.29) is 15.5 Å². The van der Waals surface area contributed by atoms with Gasteiger partial charge in [-0.3, -0.25) is 9.44 Å². The molecule has 0 fully saturated rings. The molecule has 0 aliphatic rings. The fourth-order valence-corrected chi connectivity index (χ4v) is 5.05. The van der Waals surface area contributed by atoms with E-state index >= 15 is 0 Å². The van der Waals surface area contributed by atoms with Crippen LogP contribution in [0.15, 0.2) is 81.0 Å². The van der Waals surface area contributed by atoms with Crippen LogP contribution in [0.3, 0.4) is 0 Å². The van der Waals surface area contributed by atoms with Gasteiger partial charge in [-0.05, 0) is 73.2 Å². The van der Waals surface area contributed by atoms with Crippen molar-refractivity contribution in [2.24, 2.45) is 0 Å². The van der Waals surface area contributed by atoms with Gasteiger partial charge < -0.3 is 0 Å². The molecular weight excluding hydrogens is 500 g/mol. The summed E-state index contributed by atoms with van der Waals surface area (Å²) in [5, 5.41) is 0.408. The van der Waals surface area contributed by atoms with Gasteiger partial charge in [-0.25, -0.2) is 16.8 Å². The van der Waals surface area contributed by atoms with E-state index in [0.29, 0.717) is 10.7 Å². The highest BCUT2D eigenvalue weighted by atomic mass is 79.9. The Hall–Kier alpha value is -2.07. The number of hydrogen-bond donors (Lipinski definition) is 2. The zero-order chi connectivity index (χ0) is 21.2. The predicted octanol–water partition coefficient (Wildman–Crippen LogP) is 5.01. The molecule has 0 bridgehead atoms. The average molecular weight is 516 g/mol. The van der Waals surface area contributed by atoms with Crippen molar-refractivity contribution in [2.45, 2.75) is 16.7 Å². The Bertz CT molecular complexity index is 1240. The lowest BCUT2D eigenvalue weighted by atomic mass is 10.2. The van der Waals surface area contributed by atoms with Crippen molar-refractivity contribution in [3.05, 3.63) is 81.8 Å². The van der Waals surface area contributed by atoms with Gasteiger partial charge in [0.05, 0.1) is 15.5 Å². The van der Waals surface area contributed by atoms with Crippen LogP contribution >= 0.6 is 27.5 Å². The third-order valence-corrected chi connectivity index (χ3v) is 7.53. The molecule has 29 heavy (non-hydrogen) atoms. The normalized spacial score (nSPS) is 11.8. The highest BCUT2D eigenvalue weighted by Gasteiger charge is 2.17. The molecule has 3 rings (SSSR count). The van der Waals surface area contributed by atoms with Gasteiger partial charge in [-0.2, -0.15) is 0 Å². The number of nitrogens with one attached hydrogen (secondary N) is 2. The topological polar surface area (TPSA) is 92.3 Å². The number of aryl methyl sites for hydroxylation is 1. The van der Waals surface area contributed by atoms with Gasteiger partial charge >= 0.3 is 0 Å². The average Bonchev–Trinajstić information content (AvgIpc) is 2.65. The Morgan fingerprint density at radius 2 is 1.28 bits per heavy atom. The van der Waals surface area contributed by atoms with E-state index in [9.17, 15) is 16.8 Å². The van der Waals surface area contributed by atoms with E-state index < -0.39 is 20.0 Å². The van der Waals surface area contributed by atoms with E-state index in [0.717, 1.165) is 10.0 Å². The molecule has 0 aliphatic carbocycles. The van der Waals surface area contributed by atoms with Crippen molar-refractivity contribution in [2.75, 3.05) is 9.44 Å². The first-order valence-corrected chi connectivity index (χ1v) is 12.4. The van der Waals surface area contributed by atoms with Gasteiger partial charge in [0.2, 0.25) is 0 Å². The lowest BCUT2D eigenvalue weighted by Gasteiger charge is -2.12. The zero-order valence-corrected chi connectivity index (χ0v) is 19.0. The zero-order valence-electron chi connectivity index (χ0n) is 15.1. The molecule has 0 amide bonds. The summed E-state index contributed by atoms with van der Waals surface area (Å²) in [6.07, 6.45) is 0.